The third-order valence-corrected chi connectivity index (χ3v) is 4.84. The van der Waals surface area contributed by atoms with Crippen LogP contribution in [-0.2, 0) is 4.79 Å². The van der Waals surface area contributed by atoms with Gasteiger partial charge < -0.3 is 15.1 Å². The lowest BCUT2D eigenvalue weighted by Crippen LogP contribution is -2.29. The molecule has 1 aromatic carbocycles. The number of amides is 1. The van der Waals surface area contributed by atoms with E-state index in [0.29, 0.717) is 41.0 Å². The number of aromatic nitrogens is 3. The molecule has 2 N–H and O–H groups in total. The zero-order valence-corrected chi connectivity index (χ0v) is 18.6. The molecule has 9 nitrogen and oxygen atoms in total. The highest BCUT2D eigenvalue weighted by atomic mass is 16.4. The molecule has 1 aliphatic carbocycles. The molecule has 33 heavy (non-hydrogen) atoms. The summed E-state index contributed by atoms with van der Waals surface area (Å²) in [5, 5.41) is 6.01. The number of anilines is 4. The highest BCUT2D eigenvalue weighted by Crippen LogP contribution is 2.33. The van der Waals surface area contributed by atoms with Crippen LogP contribution >= 0.6 is 0 Å². The maximum Gasteiger partial charge on any atom is 0.251 e. The monoisotopic (exact) mass is 444 g/mol. The molecule has 1 aliphatic rings. The molecule has 4 rings (SSSR count). The average molecular weight is 444 g/mol. The third kappa shape index (κ3) is 4.98. The van der Waals surface area contributed by atoms with Crippen molar-refractivity contribution in [3.8, 4) is 0 Å². The summed E-state index contributed by atoms with van der Waals surface area (Å²) in [5.41, 5.74) is 2.46. The molecule has 0 saturated carbocycles. The first kappa shape index (κ1) is 21.9. The van der Waals surface area contributed by atoms with E-state index >= 15 is 0 Å². The molecule has 0 fully saturated rings. The van der Waals surface area contributed by atoms with E-state index in [-0.39, 0.29) is 17.7 Å². The van der Waals surface area contributed by atoms with Crippen LogP contribution in [-0.4, -0.2) is 32.7 Å². The van der Waals surface area contributed by atoms with Crippen molar-refractivity contribution < 1.29 is 14.0 Å². The average Bonchev–Trinajstić information content (AvgIpc) is 3.32. The number of hydrogen-bond acceptors (Lipinski definition) is 8. The largest absolute Gasteiger partial charge is 0.427 e. The molecule has 2 aromatic heterocycles. The summed E-state index contributed by atoms with van der Waals surface area (Å²) < 4.78 is 5.51. The molecule has 0 spiro atoms. The Morgan fingerprint density at radius 2 is 1.97 bits per heavy atom. The number of rotatable bonds is 7. The minimum atomic E-state index is -0.132. The van der Waals surface area contributed by atoms with Crippen molar-refractivity contribution in [1.82, 2.24) is 20.3 Å². The van der Waals surface area contributed by atoms with Crippen LogP contribution in [0.3, 0.4) is 0 Å². The molecule has 0 radical (unpaired) electrons. The van der Waals surface area contributed by atoms with Gasteiger partial charge in [0.15, 0.2) is 12.2 Å². The van der Waals surface area contributed by atoms with Gasteiger partial charge in [-0.2, -0.15) is 4.98 Å². The molecule has 0 bridgehead atoms. The molecule has 0 aliphatic heterocycles. The number of Topliss-reactive ketones (excluding diaryl/α,β-unsaturated/α-hetero) is 1. The van der Waals surface area contributed by atoms with Crippen molar-refractivity contribution in [2.45, 2.75) is 33.2 Å². The first-order chi connectivity index (χ1) is 15.9. The normalized spacial score (nSPS) is 13.1. The van der Waals surface area contributed by atoms with Gasteiger partial charge in [-0.05, 0) is 51.1 Å². The van der Waals surface area contributed by atoms with Crippen molar-refractivity contribution >= 4 is 35.0 Å². The number of oxazole rings is 1. The summed E-state index contributed by atoms with van der Waals surface area (Å²) in [7, 11) is 0. The zero-order valence-electron chi connectivity index (χ0n) is 18.6. The van der Waals surface area contributed by atoms with Crippen LogP contribution < -0.4 is 15.5 Å². The van der Waals surface area contributed by atoms with Gasteiger partial charge in [-0.3, -0.25) is 14.5 Å². The molecule has 1 amide bonds. The Morgan fingerprint density at radius 3 is 2.64 bits per heavy atom. The lowest BCUT2D eigenvalue weighted by Gasteiger charge is -2.25. The second-order valence-corrected chi connectivity index (χ2v) is 7.81. The number of carbonyl (C=O) groups excluding carboxylic acids is 2. The molecule has 3 aromatic rings. The maximum atomic E-state index is 12.6. The number of carbonyl (C=O) groups is 2. The summed E-state index contributed by atoms with van der Waals surface area (Å²) in [4.78, 5) is 39.4. The zero-order chi connectivity index (χ0) is 23.4. The first-order valence-electron chi connectivity index (χ1n) is 10.5. The highest BCUT2D eigenvalue weighted by Gasteiger charge is 2.26. The van der Waals surface area contributed by atoms with E-state index in [0.717, 1.165) is 5.56 Å². The number of nitrogens with one attached hydrogen (secondary N) is 2. The van der Waals surface area contributed by atoms with Crippen LogP contribution in [0.2, 0.25) is 0 Å². The van der Waals surface area contributed by atoms with Crippen molar-refractivity contribution in [3.05, 3.63) is 78.1 Å². The standard InChI is InChI=1S/C24H24N6O3/c1-15(2)27-23(32)17-8-10-18(11-9-17)28-24-26-12-16(3)22(29-24)30(21-13-25-14-33-21)19-6-4-5-7-20(19)31/h4-6,8-15H,7H2,1-3H3,(H,27,32)(H,26,28,29). The van der Waals surface area contributed by atoms with E-state index in [9.17, 15) is 9.59 Å². The summed E-state index contributed by atoms with van der Waals surface area (Å²) >= 11 is 0. The van der Waals surface area contributed by atoms with E-state index in [2.05, 4.69) is 25.6 Å². The number of aryl methyl sites for hydroxylation is 1. The Balaban J connectivity index is 1.63. The topological polar surface area (TPSA) is 113 Å². The lowest BCUT2D eigenvalue weighted by atomic mass is 10.1. The van der Waals surface area contributed by atoms with Crippen molar-refractivity contribution in [3.63, 3.8) is 0 Å². The molecule has 0 unspecified atom stereocenters. The minimum Gasteiger partial charge on any atom is -0.427 e. The van der Waals surface area contributed by atoms with Gasteiger partial charge >= 0.3 is 0 Å². The first-order valence-corrected chi connectivity index (χ1v) is 10.5. The fraction of sp³-hybridized carbons (Fsp3) is 0.208. The van der Waals surface area contributed by atoms with Crippen molar-refractivity contribution in [2.75, 3.05) is 10.2 Å². The van der Waals surface area contributed by atoms with Gasteiger partial charge in [-0.25, -0.2) is 9.97 Å². The van der Waals surface area contributed by atoms with E-state index < -0.39 is 0 Å². The van der Waals surface area contributed by atoms with Crippen LogP contribution in [0.15, 0.2) is 71.4 Å². The molecular weight excluding hydrogens is 420 g/mol. The van der Waals surface area contributed by atoms with Gasteiger partial charge in [0.25, 0.3) is 5.91 Å². The van der Waals surface area contributed by atoms with E-state index in [4.69, 9.17) is 4.42 Å². The van der Waals surface area contributed by atoms with Gasteiger partial charge in [0.05, 0.1) is 11.9 Å². The summed E-state index contributed by atoms with van der Waals surface area (Å²) in [6.45, 7) is 5.68. The van der Waals surface area contributed by atoms with Gasteiger partial charge in [0.1, 0.15) is 5.82 Å². The quantitative estimate of drug-likeness (QED) is 0.557. The molecule has 0 atom stereocenters. The number of ketones is 1. The van der Waals surface area contributed by atoms with E-state index in [1.807, 2.05) is 26.8 Å². The SMILES string of the molecule is Cc1cnc(Nc2ccc(C(=O)NC(C)C)cc2)nc1N(C1=CC=CCC1=O)c1cnco1. The Morgan fingerprint density at radius 1 is 1.18 bits per heavy atom. The Hall–Kier alpha value is -4.27. The summed E-state index contributed by atoms with van der Waals surface area (Å²) in [6, 6.07) is 7.08. The third-order valence-electron chi connectivity index (χ3n) is 4.84. The van der Waals surface area contributed by atoms with Crippen LogP contribution in [0.25, 0.3) is 0 Å². The Bertz CT molecular complexity index is 1210. The lowest BCUT2D eigenvalue weighted by molar-refractivity contribution is -0.114. The number of nitrogens with zero attached hydrogens (tertiary/aromatic N) is 4. The predicted molar refractivity (Wildman–Crippen MR) is 125 cm³/mol. The van der Waals surface area contributed by atoms with Gasteiger partial charge in [0, 0.05) is 35.5 Å². The molecule has 2 heterocycles. The number of allylic oxidation sites excluding steroid dienone is 4. The second kappa shape index (κ2) is 9.47. The van der Waals surface area contributed by atoms with Gasteiger partial charge in [0.2, 0.25) is 11.8 Å². The van der Waals surface area contributed by atoms with Crippen molar-refractivity contribution in [1.29, 1.82) is 0 Å². The number of benzene rings is 1. The number of hydrogen-bond donors (Lipinski definition) is 2. The molecular formula is C24H24N6O3. The molecule has 0 saturated heterocycles. The molecule has 168 valence electrons. The second-order valence-electron chi connectivity index (χ2n) is 7.81. The highest BCUT2D eigenvalue weighted by molar-refractivity contribution is 6.02. The van der Waals surface area contributed by atoms with Gasteiger partial charge in [-0.1, -0.05) is 12.2 Å². The van der Waals surface area contributed by atoms with E-state index in [1.165, 1.54) is 12.6 Å². The fourth-order valence-electron chi connectivity index (χ4n) is 3.29. The minimum absolute atomic E-state index is 0.0586. The van der Waals surface area contributed by atoms with Crippen LogP contribution in [0.5, 0.6) is 0 Å². The van der Waals surface area contributed by atoms with Crippen LogP contribution in [0, 0.1) is 6.92 Å². The predicted octanol–water partition coefficient (Wildman–Crippen LogP) is 4.21. The summed E-state index contributed by atoms with van der Waals surface area (Å²) in [6.07, 6.45) is 10.2. The summed E-state index contributed by atoms with van der Waals surface area (Å²) in [5.74, 6) is 1.01. The molecule has 9 heteroatoms. The fourth-order valence-corrected chi connectivity index (χ4v) is 3.29. The van der Waals surface area contributed by atoms with Gasteiger partial charge in [-0.15, -0.1) is 0 Å². The Labute approximate surface area is 191 Å². The van der Waals surface area contributed by atoms with Crippen LogP contribution in [0.1, 0.15) is 36.2 Å². The smallest absolute Gasteiger partial charge is 0.251 e. The van der Waals surface area contributed by atoms with Crippen LogP contribution in [0.4, 0.5) is 23.3 Å². The Kier molecular flexibility index (Phi) is 6.30. The van der Waals surface area contributed by atoms with E-state index in [1.54, 1.807) is 47.5 Å². The maximum absolute atomic E-state index is 12.6. The van der Waals surface area contributed by atoms with Crippen molar-refractivity contribution in [2.24, 2.45) is 0 Å².